The Hall–Kier alpha value is -3.07. The molecule has 0 spiro atoms. The maximum atomic E-state index is 4.87. The molecular weight excluding hydrogens is 294 g/mol. The van der Waals surface area contributed by atoms with Crippen molar-refractivity contribution in [2.24, 2.45) is 0 Å². The number of hydrogen-bond donors (Lipinski definition) is 0. The van der Waals surface area contributed by atoms with Crippen LogP contribution in [0.2, 0.25) is 0 Å². The van der Waals surface area contributed by atoms with Crippen molar-refractivity contribution in [1.82, 2.24) is 15.0 Å². The number of hydrogen-bond acceptors (Lipinski definition) is 3. The molecule has 0 atom stereocenters. The first kappa shape index (κ1) is 14.5. The van der Waals surface area contributed by atoms with Crippen LogP contribution >= 0.6 is 0 Å². The molecule has 3 nitrogen and oxygen atoms in total. The highest BCUT2D eigenvalue weighted by molar-refractivity contribution is 5.95. The fourth-order valence-corrected chi connectivity index (χ4v) is 2.94. The molecule has 0 bridgehead atoms. The zero-order valence-corrected chi connectivity index (χ0v) is 13.7. The van der Waals surface area contributed by atoms with E-state index in [1.165, 1.54) is 5.56 Å². The first-order valence-electron chi connectivity index (χ1n) is 7.99. The van der Waals surface area contributed by atoms with Gasteiger partial charge in [-0.2, -0.15) is 0 Å². The number of nitrogens with zero attached hydrogens (tertiary/aromatic N) is 3. The van der Waals surface area contributed by atoms with Crippen molar-refractivity contribution in [2.45, 2.75) is 13.8 Å². The summed E-state index contributed by atoms with van der Waals surface area (Å²) in [6.45, 7) is 4.08. The molecule has 116 valence electrons. The number of aromatic nitrogens is 3. The van der Waals surface area contributed by atoms with E-state index in [-0.39, 0.29) is 0 Å². The molecule has 0 unspecified atom stereocenters. The van der Waals surface area contributed by atoms with Gasteiger partial charge in [-0.15, -0.1) is 0 Å². The lowest BCUT2D eigenvalue weighted by Gasteiger charge is -2.11. The molecule has 0 N–H and O–H groups in total. The summed E-state index contributed by atoms with van der Waals surface area (Å²) >= 11 is 0. The number of benzene rings is 2. The highest BCUT2D eigenvalue weighted by Crippen LogP contribution is 2.30. The van der Waals surface area contributed by atoms with E-state index in [1.807, 2.05) is 55.5 Å². The summed E-state index contributed by atoms with van der Waals surface area (Å²) in [4.78, 5) is 14.2. The maximum Gasteiger partial charge on any atom is 0.179 e. The number of rotatable bonds is 2. The number of pyridine rings is 1. The van der Waals surface area contributed by atoms with Gasteiger partial charge in [-0.3, -0.25) is 0 Å². The van der Waals surface area contributed by atoms with Gasteiger partial charge in [0, 0.05) is 16.6 Å². The van der Waals surface area contributed by atoms with Crippen LogP contribution in [0.5, 0.6) is 0 Å². The van der Waals surface area contributed by atoms with E-state index in [0.717, 1.165) is 33.5 Å². The summed E-state index contributed by atoms with van der Waals surface area (Å²) in [5, 5.41) is 1.10. The molecule has 0 fully saturated rings. The predicted octanol–water partition coefficient (Wildman–Crippen LogP) is 4.98. The van der Waals surface area contributed by atoms with Crippen molar-refractivity contribution >= 4 is 10.9 Å². The van der Waals surface area contributed by atoms with Gasteiger partial charge in [0.25, 0.3) is 0 Å². The molecule has 3 heteroatoms. The van der Waals surface area contributed by atoms with Crippen LogP contribution in [0.1, 0.15) is 11.3 Å². The normalized spacial score (nSPS) is 10.9. The van der Waals surface area contributed by atoms with E-state index in [9.17, 15) is 0 Å². The van der Waals surface area contributed by atoms with Crippen molar-refractivity contribution in [3.63, 3.8) is 0 Å². The Morgan fingerprint density at radius 3 is 2.25 bits per heavy atom. The minimum Gasteiger partial charge on any atom is -0.250 e. The maximum absolute atomic E-state index is 4.87. The van der Waals surface area contributed by atoms with Crippen LogP contribution in [-0.4, -0.2) is 15.0 Å². The molecule has 4 aromatic rings. The average Bonchev–Trinajstić information content (AvgIpc) is 2.62. The highest BCUT2D eigenvalue weighted by Gasteiger charge is 2.13. The second kappa shape index (κ2) is 5.85. The van der Waals surface area contributed by atoms with Crippen LogP contribution in [-0.2, 0) is 0 Å². The third kappa shape index (κ3) is 2.54. The minimum absolute atomic E-state index is 0.663. The fourth-order valence-electron chi connectivity index (χ4n) is 2.94. The molecule has 2 aromatic heterocycles. The summed E-state index contributed by atoms with van der Waals surface area (Å²) < 4.78 is 0. The topological polar surface area (TPSA) is 38.7 Å². The molecule has 0 aliphatic rings. The van der Waals surface area contributed by atoms with Crippen LogP contribution in [0.3, 0.4) is 0 Å². The Balaban J connectivity index is 2.05. The van der Waals surface area contributed by atoms with Crippen LogP contribution in [0.25, 0.3) is 33.7 Å². The van der Waals surface area contributed by atoms with E-state index in [4.69, 9.17) is 9.97 Å². The molecule has 0 saturated heterocycles. The van der Waals surface area contributed by atoms with Crippen molar-refractivity contribution < 1.29 is 0 Å². The van der Waals surface area contributed by atoms with Crippen LogP contribution in [0.15, 0.2) is 66.7 Å². The van der Waals surface area contributed by atoms with Crippen molar-refractivity contribution in [2.75, 3.05) is 0 Å². The summed E-state index contributed by atoms with van der Waals surface area (Å²) in [5.74, 6) is 0.663. The largest absolute Gasteiger partial charge is 0.250 e. The molecule has 0 aliphatic heterocycles. The summed E-state index contributed by atoms with van der Waals surface area (Å²) in [6, 6.07) is 22.4. The third-order valence-electron chi connectivity index (χ3n) is 4.10. The number of fused-ring (bicyclic) bond motifs is 1. The Labute approximate surface area is 141 Å². The lowest BCUT2D eigenvalue weighted by Crippen LogP contribution is -1.98. The zero-order valence-electron chi connectivity index (χ0n) is 13.7. The lowest BCUT2D eigenvalue weighted by atomic mass is 10.0. The monoisotopic (exact) mass is 311 g/mol. The molecule has 0 aliphatic carbocycles. The quantitative estimate of drug-likeness (QED) is 0.524. The highest BCUT2D eigenvalue weighted by atomic mass is 14.9. The van der Waals surface area contributed by atoms with Crippen LogP contribution in [0.4, 0.5) is 0 Å². The second-order valence-electron chi connectivity index (χ2n) is 5.90. The molecule has 0 amide bonds. The van der Waals surface area contributed by atoms with E-state index in [0.29, 0.717) is 5.82 Å². The van der Waals surface area contributed by atoms with Gasteiger partial charge in [0.2, 0.25) is 0 Å². The summed E-state index contributed by atoms with van der Waals surface area (Å²) in [6.07, 6.45) is 0. The van der Waals surface area contributed by atoms with Crippen molar-refractivity contribution in [3.05, 3.63) is 78.0 Å². The first-order chi connectivity index (χ1) is 11.7. The third-order valence-corrected chi connectivity index (χ3v) is 4.10. The van der Waals surface area contributed by atoms with Gasteiger partial charge in [0.1, 0.15) is 5.69 Å². The lowest BCUT2D eigenvalue weighted by molar-refractivity contribution is 1.14. The Kier molecular flexibility index (Phi) is 3.54. The van der Waals surface area contributed by atoms with Gasteiger partial charge in [0.05, 0.1) is 11.2 Å². The average molecular weight is 311 g/mol. The van der Waals surface area contributed by atoms with Crippen molar-refractivity contribution in [1.29, 1.82) is 0 Å². The molecule has 24 heavy (non-hydrogen) atoms. The molecule has 0 saturated carbocycles. The fraction of sp³-hybridized carbons (Fsp3) is 0.0952. The SMILES string of the molecule is Cc1cccc(-c2nc(-c3ccccc3)c3c(C)cccc3n2)n1. The Morgan fingerprint density at radius 2 is 1.46 bits per heavy atom. The van der Waals surface area contributed by atoms with E-state index >= 15 is 0 Å². The minimum atomic E-state index is 0.663. The molecular formula is C21H17N3. The Bertz CT molecular complexity index is 1020. The Morgan fingerprint density at radius 1 is 0.667 bits per heavy atom. The molecule has 0 radical (unpaired) electrons. The summed E-state index contributed by atoms with van der Waals surface area (Å²) in [5.41, 5.74) is 5.93. The zero-order chi connectivity index (χ0) is 16.5. The van der Waals surface area contributed by atoms with Gasteiger partial charge >= 0.3 is 0 Å². The van der Waals surface area contributed by atoms with Gasteiger partial charge in [0.15, 0.2) is 5.82 Å². The van der Waals surface area contributed by atoms with Gasteiger partial charge < -0.3 is 0 Å². The van der Waals surface area contributed by atoms with Crippen molar-refractivity contribution in [3.8, 4) is 22.8 Å². The van der Waals surface area contributed by atoms with Crippen LogP contribution in [0, 0.1) is 13.8 Å². The van der Waals surface area contributed by atoms with Gasteiger partial charge in [-0.05, 0) is 37.6 Å². The predicted molar refractivity (Wildman–Crippen MR) is 97.7 cm³/mol. The smallest absolute Gasteiger partial charge is 0.179 e. The molecule has 4 rings (SSSR count). The number of aryl methyl sites for hydroxylation is 2. The second-order valence-corrected chi connectivity index (χ2v) is 5.90. The van der Waals surface area contributed by atoms with Gasteiger partial charge in [-0.25, -0.2) is 15.0 Å². The van der Waals surface area contributed by atoms with E-state index < -0.39 is 0 Å². The molecule has 2 aromatic carbocycles. The first-order valence-corrected chi connectivity index (χ1v) is 7.99. The van der Waals surface area contributed by atoms with Crippen LogP contribution < -0.4 is 0 Å². The van der Waals surface area contributed by atoms with E-state index in [1.54, 1.807) is 0 Å². The summed E-state index contributed by atoms with van der Waals surface area (Å²) in [7, 11) is 0. The standard InChI is InChI=1S/C21H17N3/c1-14-8-6-12-17-19(14)20(16-10-4-3-5-11-16)24-21(23-17)18-13-7-9-15(2)22-18/h3-13H,1-2H3. The van der Waals surface area contributed by atoms with Gasteiger partial charge in [-0.1, -0.05) is 48.5 Å². The van der Waals surface area contributed by atoms with E-state index in [2.05, 4.69) is 30.1 Å². The molecule has 2 heterocycles.